The monoisotopic (exact) mass is 209 g/mol. The molecule has 1 nitrogen and oxygen atoms in total. The van der Waals surface area contributed by atoms with E-state index in [-0.39, 0.29) is 0 Å². The van der Waals surface area contributed by atoms with E-state index in [9.17, 15) is 0 Å². The van der Waals surface area contributed by atoms with Crippen LogP contribution in [0.1, 0.15) is 58.8 Å². The molecule has 2 rings (SSSR count). The van der Waals surface area contributed by atoms with E-state index in [0.29, 0.717) is 0 Å². The van der Waals surface area contributed by atoms with E-state index in [1.165, 1.54) is 51.5 Å². The average molecular weight is 209 g/mol. The van der Waals surface area contributed by atoms with Crippen molar-refractivity contribution in [1.82, 2.24) is 5.32 Å². The highest BCUT2D eigenvalue weighted by Gasteiger charge is 2.24. The minimum absolute atomic E-state index is 0.842. The van der Waals surface area contributed by atoms with E-state index < -0.39 is 0 Å². The second kappa shape index (κ2) is 5.34. The third-order valence-corrected chi connectivity index (χ3v) is 4.35. The van der Waals surface area contributed by atoms with E-state index in [1.807, 2.05) is 0 Å². The Morgan fingerprint density at radius 1 is 1.00 bits per heavy atom. The van der Waals surface area contributed by atoms with E-state index in [1.54, 1.807) is 0 Å². The summed E-state index contributed by atoms with van der Waals surface area (Å²) in [7, 11) is 0. The van der Waals surface area contributed by atoms with Gasteiger partial charge >= 0.3 is 0 Å². The van der Waals surface area contributed by atoms with Crippen LogP contribution in [0.5, 0.6) is 0 Å². The third-order valence-electron chi connectivity index (χ3n) is 4.35. The Morgan fingerprint density at radius 2 is 1.80 bits per heavy atom. The SMILES string of the molecule is CC(C)C1CCCC(NCC2CC2)CC1. The molecule has 0 radical (unpaired) electrons. The Bertz CT molecular complexity index is 184. The minimum Gasteiger partial charge on any atom is -0.314 e. The van der Waals surface area contributed by atoms with Crippen LogP contribution in [-0.4, -0.2) is 12.6 Å². The number of nitrogens with one attached hydrogen (secondary N) is 1. The normalized spacial score (nSPS) is 33.0. The first-order valence-corrected chi connectivity index (χ1v) is 6.99. The largest absolute Gasteiger partial charge is 0.314 e. The Balaban J connectivity index is 1.68. The first-order chi connectivity index (χ1) is 7.25. The highest BCUT2D eigenvalue weighted by Crippen LogP contribution is 2.30. The van der Waals surface area contributed by atoms with Gasteiger partial charge in [-0.25, -0.2) is 0 Å². The predicted octanol–water partition coefficient (Wildman–Crippen LogP) is 3.59. The fourth-order valence-corrected chi connectivity index (χ4v) is 2.86. The zero-order valence-corrected chi connectivity index (χ0v) is 10.5. The molecule has 0 saturated heterocycles. The third kappa shape index (κ3) is 3.79. The van der Waals surface area contributed by atoms with Gasteiger partial charge in [-0.3, -0.25) is 0 Å². The second-order valence-corrected chi connectivity index (χ2v) is 6.06. The topological polar surface area (TPSA) is 12.0 Å². The van der Waals surface area contributed by atoms with Crippen molar-refractivity contribution < 1.29 is 0 Å². The molecular formula is C14H27N. The average Bonchev–Trinajstić information content (AvgIpc) is 3.02. The molecule has 15 heavy (non-hydrogen) atoms. The van der Waals surface area contributed by atoms with E-state index in [2.05, 4.69) is 19.2 Å². The molecule has 0 amide bonds. The molecule has 0 aliphatic heterocycles. The molecule has 1 heteroatoms. The molecule has 2 aliphatic rings. The van der Waals surface area contributed by atoms with Crippen molar-refractivity contribution in [2.45, 2.75) is 64.8 Å². The molecule has 2 fully saturated rings. The van der Waals surface area contributed by atoms with Crippen molar-refractivity contribution in [2.75, 3.05) is 6.54 Å². The van der Waals surface area contributed by atoms with Gasteiger partial charge in [0, 0.05) is 6.04 Å². The number of rotatable bonds is 4. The zero-order valence-electron chi connectivity index (χ0n) is 10.5. The summed E-state index contributed by atoms with van der Waals surface area (Å²) >= 11 is 0. The van der Waals surface area contributed by atoms with Crippen molar-refractivity contribution in [3.63, 3.8) is 0 Å². The Kier molecular flexibility index (Phi) is 4.07. The lowest BCUT2D eigenvalue weighted by Gasteiger charge is -2.19. The van der Waals surface area contributed by atoms with E-state index in [4.69, 9.17) is 0 Å². The fraction of sp³-hybridized carbons (Fsp3) is 1.00. The van der Waals surface area contributed by atoms with Crippen LogP contribution in [0.4, 0.5) is 0 Å². The lowest BCUT2D eigenvalue weighted by Crippen LogP contribution is -2.30. The van der Waals surface area contributed by atoms with Crippen molar-refractivity contribution in [1.29, 1.82) is 0 Å². The van der Waals surface area contributed by atoms with Crippen LogP contribution in [-0.2, 0) is 0 Å². The molecule has 0 bridgehead atoms. The van der Waals surface area contributed by atoms with Gasteiger partial charge in [-0.1, -0.05) is 26.7 Å². The Morgan fingerprint density at radius 3 is 2.47 bits per heavy atom. The fourth-order valence-electron chi connectivity index (χ4n) is 2.86. The molecule has 0 aromatic rings. The first kappa shape index (κ1) is 11.4. The molecule has 88 valence electrons. The Labute approximate surface area is 95.0 Å². The van der Waals surface area contributed by atoms with Crippen LogP contribution in [0.15, 0.2) is 0 Å². The van der Waals surface area contributed by atoms with Crippen LogP contribution in [0.2, 0.25) is 0 Å². The molecule has 0 heterocycles. The maximum absolute atomic E-state index is 3.78. The van der Waals surface area contributed by atoms with Crippen molar-refractivity contribution in [2.24, 2.45) is 17.8 Å². The molecule has 0 aromatic carbocycles. The van der Waals surface area contributed by atoms with Gasteiger partial charge in [-0.05, 0) is 56.4 Å². The number of hydrogen-bond acceptors (Lipinski definition) is 1. The number of hydrogen-bond donors (Lipinski definition) is 1. The summed E-state index contributed by atoms with van der Waals surface area (Å²) in [6.45, 7) is 6.09. The maximum Gasteiger partial charge on any atom is 0.00672 e. The summed E-state index contributed by atoms with van der Waals surface area (Å²) in [5, 5.41) is 3.78. The lowest BCUT2D eigenvalue weighted by molar-refractivity contribution is 0.337. The molecule has 2 atom stereocenters. The van der Waals surface area contributed by atoms with Crippen molar-refractivity contribution in [3.05, 3.63) is 0 Å². The smallest absolute Gasteiger partial charge is 0.00672 e. The molecule has 1 N–H and O–H groups in total. The van der Waals surface area contributed by atoms with E-state index >= 15 is 0 Å². The lowest BCUT2D eigenvalue weighted by atomic mass is 9.89. The molecule has 0 aromatic heterocycles. The van der Waals surface area contributed by atoms with Crippen LogP contribution in [0.25, 0.3) is 0 Å². The van der Waals surface area contributed by atoms with Crippen LogP contribution in [0.3, 0.4) is 0 Å². The highest BCUT2D eigenvalue weighted by atomic mass is 14.9. The summed E-state index contributed by atoms with van der Waals surface area (Å²) in [5.74, 6) is 2.93. The summed E-state index contributed by atoms with van der Waals surface area (Å²) in [4.78, 5) is 0. The molecular weight excluding hydrogens is 182 g/mol. The van der Waals surface area contributed by atoms with Crippen LogP contribution >= 0.6 is 0 Å². The van der Waals surface area contributed by atoms with Crippen LogP contribution < -0.4 is 5.32 Å². The standard InChI is InChI=1S/C14H27N/c1-11(2)13-4-3-5-14(9-8-13)15-10-12-6-7-12/h11-15H,3-10H2,1-2H3. The molecule has 2 aliphatic carbocycles. The quantitative estimate of drug-likeness (QED) is 0.698. The minimum atomic E-state index is 0.842. The zero-order chi connectivity index (χ0) is 10.7. The summed E-state index contributed by atoms with van der Waals surface area (Å²) in [6, 6.07) is 0.842. The van der Waals surface area contributed by atoms with Gasteiger partial charge < -0.3 is 5.32 Å². The van der Waals surface area contributed by atoms with Gasteiger partial charge in [0.05, 0.1) is 0 Å². The molecule has 0 spiro atoms. The summed E-state index contributed by atoms with van der Waals surface area (Å²) in [6.07, 6.45) is 10.2. The maximum atomic E-state index is 3.78. The summed E-state index contributed by atoms with van der Waals surface area (Å²) < 4.78 is 0. The van der Waals surface area contributed by atoms with Crippen molar-refractivity contribution >= 4 is 0 Å². The second-order valence-electron chi connectivity index (χ2n) is 6.06. The Hall–Kier alpha value is -0.0400. The predicted molar refractivity (Wildman–Crippen MR) is 65.9 cm³/mol. The summed E-state index contributed by atoms with van der Waals surface area (Å²) in [5.41, 5.74) is 0. The van der Waals surface area contributed by atoms with Gasteiger partial charge in [-0.15, -0.1) is 0 Å². The van der Waals surface area contributed by atoms with Crippen LogP contribution in [0, 0.1) is 17.8 Å². The van der Waals surface area contributed by atoms with Gasteiger partial charge in [0.1, 0.15) is 0 Å². The first-order valence-electron chi connectivity index (χ1n) is 6.99. The van der Waals surface area contributed by atoms with Gasteiger partial charge in [0.25, 0.3) is 0 Å². The van der Waals surface area contributed by atoms with Crippen molar-refractivity contribution in [3.8, 4) is 0 Å². The molecule has 2 saturated carbocycles. The highest BCUT2D eigenvalue weighted by molar-refractivity contribution is 4.80. The van der Waals surface area contributed by atoms with Gasteiger partial charge in [0.2, 0.25) is 0 Å². The van der Waals surface area contributed by atoms with Gasteiger partial charge in [-0.2, -0.15) is 0 Å². The van der Waals surface area contributed by atoms with Gasteiger partial charge in [0.15, 0.2) is 0 Å². The molecule has 2 unspecified atom stereocenters. The van der Waals surface area contributed by atoms with E-state index in [0.717, 1.165) is 23.8 Å².